The maximum Gasteiger partial charge on any atom is 0.212 e. The number of nitrogens with one attached hydrogen (secondary N) is 1. The Morgan fingerprint density at radius 1 is 1.26 bits per heavy atom. The number of nitrogens with zero attached hydrogens (tertiary/aromatic N) is 1. The monoisotopic (exact) mass is 285 g/mol. The van der Waals surface area contributed by atoms with Gasteiger partial charge in [-0.1, -0.05) is 13.8 Å². The van der Waals surface area contributed by atoms with E-state index in [-0.39, 0.29) is 5.75 Å². The number of sulfonamides is 1. The summed E-state index contributed by atoms with van der Waals surface area (Å²) in [4.78, 5) is 3.91. The maximum absolute atomic E-state index is 12.1. The molecule has 0 fully saturated rings. The van der Waals surface area contributed by atoms with Crippen molar-refractivity contribution >= 4 is 10.0 Å². The largest absolute Gasteiger partial charge is 0.329 e. The molecule has 0 aliphatic carbocycles. The van der Waals surface area contributed by atoms with Crippen LogP contribution in [0.4, 0.5) is 0 Å². The van der Waals surface area contributed by atoms with Crippen molar-refractivity contribution in [3.8, 4) is 0 Å². The number of nitrogens with two attached hydrogens (primary N) is 1. The quantitative estimate of drug-likeness (QED) is 0.748. The third-order valence-corrected chi connectivity index (χ3v) is 5.01. The molecule has 0 radical (unpaired) electrons. The summed E-state index contributed by atoms with van der Waals surface area (Å²) in [5.74, 6) is 0.0682. The van der Waals surface area contributed by atoms with E-state index in [1.807, 2.05) is 26.0 Å². The summed E-state index contributed by atoms with van der Waals surface area (Å²) < 4.78 is 27.0. The van der Waals surface area contributed by atoms with E-state index in [4.69, 9.17) is 5.73 Å². The van der Waals surface area contributed by atoms with Crippen LogP contribution in [0.2, 0.25) is 0 Å². The molecule has 5 nitrogen and oxygen atoms in total. The molecule has 1 aromatic rings. The molecule has 0 aromatic carbocycles. The third kappa shape index (κ3) is 4.89. The van der Waals surface area contributed by atoms with Gasteiger partial charge in [0.25, 0.3) is 0 Å². The van der Waals surface area contributed by atoms with Gasteiger partial charge >= 0.3 is 0 Å². The Morgan fingerprint density at radius 3 is 2.32 bits per heavy atom. The highest BCUT2D eigenvalue weighted by Gasteiger charge is 2.29. The standard InChI is InChI=1S/C13H23N3O2S/c1-3-13(4-2,11-14)16-19(17,18)10-7-12-5-8-15-9-6-12/h5-6,8-9,16H,3-4,7,10-11,14H2,1-2H3. The molecule has 6 heteroatoms. The smallest absolute Gasteiger partial charge is 0.212 e. The molecule has 0 aliphatic heterocycles. The Kier molecular flexibility index (Phi) is 5.90. The molecule has 1 aromatic heterocycles. The Labute approximate surface area is 115 Å². The minimum atomic E-state index is -3.32. The summed E-state index contributed by atoms with van der Waals surface area (Å²) in [5.41, 5.74) is 6.16. The average molecular weight is 285 g/mol. The summed E-state index contributed by atoms with van der Waals surface area (Å²) >= 11 is 0. The van der Waals surface area contributed by atoms with E-state index in [9.17, 15) is 8.42 Å². The number of hydrogen-bond donors (Lipinski definition) is 2. The topological polar surface area (TPSA) is 85.1 Å². The van der Waals surface area contributed by atoms with Crippen molar-refractivity contribution < 1.29 is 8.42 Å². The normalized spacial score (nSPS) is 12.6. The third-order valence-electron chi connectivity index (χ3n) is 3.53. The first-order valence-corrected chi connectivity index (χ1v) is 8.23. The van der Waals surface area contributed by atoms with E-state index >= 15 is 0 Å². The van der Waals surface area contributed by atoms with Crippen molar-refractivity contribution in [3.63, 3.8) is 0 Å². The van der Waals surface area contributed by atoms with Crippen molar-refractivity contribution in [1.82, 2.24) is 9.71 Å². The molecule has 1 heterocycles. The predicted octanol–water partition coefficient (Wildman–Crippen LogP) is 1.06. The maximum atomic E-state index is 12.1. The molecular weight excluding hydrogens is 262 g/mol. The minimum Gasteiger partial charge on any atom is -0.329 e. The molecule has 19 heavy (non-hydrogen) atoms. The van der Waals surface area contributed by atoms with E-state index in [2.05, 4.69) is 9.71 Å². The molecule has 0 bridgehead atoms. The number of rotatable bonds is 8. The molecule has 108 valence electrons. The SMILES string of the molecule is CCC(CC)(CN)NS(=O)(=O)CCc1ccncc1. The highest BCUT2D eigenvalue weighted by atomic mass is 32.2. The molecule has 3 N–H and O–H groups in total. The summed E-state index contributed by atoms with van der Waals surface area (Å²) in [7, 11) is -3.32. The Hall–Kier alpha value is -0.980. The molecule has 0 amide bonds. The summed E-state index contributed by atoms with van der Waals surface area (Å²) in [6, 6.07) is 3.65. The lowest BCUT2D eigenvalue weighted by Gasteiger charge is -2.31. The zero-order chi connectivity index (χ0) is 14.4. The van der Waals surface area contributed by atoms with Crippen LogP contribution in [0.25, 0.3) is 0 Å². The number of pyridine rings is 1. The first kappa shape index (κ1) is 16.1. The lowest BCUT2D eigenvalue weighted by molar-refractivity contribution is 0.363. The zero-order valence-electron chi connectivity index (χ0n) is 11.6. The molecule has 0 unspecified atom stereocenters. The van der Waals surface area contributed by atoms with Crippen LogP contribution in [0.5, 0.6) is 0 Å². The van der Waals surface area contributed by atoms with Gasteiger partial charge < -0.3 is 5.73 Å². The van der Waals surface area contributed by atoms with Crippen LogP contribution in [0.15, 0.2) is 24.5 Å². The fourth-order valence-electron chi connectivity index (χ4n) is 1.91. The fourth-order valence-corrected chi connectivity index (χ4v) is 3.55. The van der Waals surface area contributed by atoms with Crippen molar-refractivity contribution in [2.24, 2.45) is 5.73 Å². The van der Waals surface area contributed by atoms with Crippen LogP contribution in [0.3, 0.4) is 0 Å². The van der Waals surface area contributed by atoms with Gasteiger partial charge in [-0.25, -0.2) is 13.1 Å². The Bertz CT molecular complexity index is 462. The molecule has 0 aliphatic rings. The summed E-state index contributed by atoms with van der Waals surface area (Å²) in [6.45, 7) is 4.21. The van der Waals surface area contributed by atoms with E-state index in [1.165, 1.54) is 0 Å². The van der Waals surface area contributed by atoms with Gasteiger partial charge in [-0.05, 0) is 37.0 Å². The average Bonchev–Trinajstić information content (AvgIpc) is 2.44. The second kappa shape index (κ2) is 6.98. The van der Waals surface area contributed by atoms with Crippen molar-refractivity contribution in [3.05, 3.63) is 30.1 Å². The van der Waals surface area contributed by atoms with Crippen LogP contribution in [0.1, 0.15) is 32.3 Å². The molecule has 0 saturated heterocycles. The number of aromatic nitrogens is 1. The van der Waals surface area contributed by atoms with Gasteiger partial charge in [-0.3, -0.25) is 4.98 Å². The van der Waals surface area contributed by atoms with Crippen LogP contribution in [-0.4, -0.2) is 31.2 Å². The van der Waals surface area contributed by atoms with E-state index in [0.29, 0.717) is 25.8 Å². The first-order valence-electron chi connectivity index (χ1n) is 6.57. The first-order chi connectivity index (χ1) is 8.97. The highest BCUT2D eigenvalue weighted by Crippen LogP contribution is 2.15. The zero-order valence-corrected chi connectivity index (χ0v) is 12.4. The number of hydrogen-bond acceptors (Lipinski definition) is 4. The Balaban J connectivity index is 2.66. The summed E-state index contributed by atoms with van der Waals surface area (Å²) in [5, 5.41) is 0. The summed E-state index contributed by atoms with van der Waals surface area (Å²) in [6.07, 6.45) is 5.18. The second-order valence-corrected chi connectivity index (χ2v) is 6.56. The van der Waals surface area contributed by atoms with Gasteiger partial charge in [0, 0.05) is 24.5 Å². The van der Waals surface area contributed by atoms with Gasteiger partial charge in [-0.15, -0.1) is 0 Å². The van der Waals surface area contributed by atoms with Gasteiger partial charge in [0.15, 0.2) is 0 Å². The van der Waals surface area contributed by atoms with Gasteiger partial charge in [0.05, 0.1) is 5.75 Å². The second-order valence-electron chi connectivity index (χ2n) is 4.72. The lowest BCUT2D eigenvalue weighted by Crippen LogP contribution is -2.53. The van der Waals surface area contributed by atoms with E-state index < -0.39 is 15.6 Å². The molecule has 0 spiro atoms. The van der Waals surface area contributed by atoms with Crippen molar-refractivity contribution in [1.29, 1.82) is 0 Å². The van der Waals surface area contributed by atoms with Crippen LogP contribution >= 0.6 is 0 Å². The highest BCUT2D eigenvalue weighted by molar-refractivity contribution is 7.89. The molecule has 1 rings (SSSR count). The van der Waals surface area contributed by atoms with Crippen LogP contribution < -0.4 is 10.5 Å². The molecule has 0 atom stereocenters. The van der Waals surface area contributed by atoms with E-state index in [0.717, 1.165) is 5.56 Å². The predicted molar refractivity (Wildman–Crippen MR) is 77.2 cm³/mol. The molecular formula is C13H23N3O2S. The van der Waals surface area contributed by atoms with Gasteiger partial charge in [0.2, 0.25) is 10.0 Å². The Morgan fingerprint density at radius 2 is 1.84 bits per heavy atom. The van der Waals surface area contributed by atoms with Crippen molar-refractivity contribution in [2.75, 3.05) is 12.3 Å². The van der Waals surface area contributed by atoms with E-state index in [1.54, 1.807) is 12.4 Å². The lowest BCUT2D eigenvalue weighted by atomic mass is 9.95. The van der Waals surface area contributed by atoms with Gasteiger partial charge in [-0.2, -0.15) is 0 Å². The fraction of sp³-hybridized carbons (Fsp3) is 0.615. The van der Waals surface area contributed by atoms with Gasteiger partial charge in [0.1, 0.15) is 0 Å². The minimum absolute atomic E-state index is 0.0682. The van der Waals surface area contributed by atoms with Crippen LogP contribution in [0, 0.1) is 0 Å². The van der Waals surface area contributed by atoms with Crippen LogP contribution in [-0.2, 0) is 16.4 Å². The molecule has 0 saturated carbocycles. The number of aryl methyl sites for hydroxylation is 1. The van der Waals surface area contributed by atoms with Crippen molar-refractivity contribution in [2.45, 2.75) is 38.6 Å².